The molecule has 4 nitrogen and oxygen atoms in total. The predicted molar refractivity (Wildman–Crippen MR) is 118 cm³/mol. The van der Waals surface area contributed by atoms with E-state index >= 15 is 0 Å². The summed E-state index contributed by atoms with van der Waals surface area (Å²) in [7, 11) is 0. The maximum absolute atomic E-state index is 11.3. The van der Waals surface area contributed by atoms with Crippen LogP contribution in [0, 0.1) is 6.07 Å². The quantitative estimate of drug-likeness (QED) is 0.309. The fraction of sp³-hybridized carbons (Fsp3) is 0.192. The molecule has 2 heterocycles. The molecule has 0 amide bonds. The Morgan fingerprint density at radius 2 is 1.71 bits per heavy atom. The standard InChI is InChI=1S/C26H23N2O2.Ir/c1-17(21-14-9-15-22(27-21)25(29)30)23-16-18-10-7-8-13-20(18)24(28-23)26(2,3)19-11-5-4-6-12-19;/h4-11,13-17H,1-3H3,(H,29,30);/q-1;. The maximum atomic E-state index is 11.3. The van der Waals surface area contributed by atoms with Crippen LogP contribution >= 0.6 is 0 Å². The third-order valence-electron chi connectivity index (χ3n) is 5.61. The number of rotatable bonds is 5. The van der Waals surface area contributed by atoms with Crippen LogP contribution in [0.3, 0.4) is 0 Å². The van der Waals surface area contributed by atoms with E-state index in [1.807, 2.05) is 43.3 Å². The van der Waals surface area contributed by atoms with Crippen molar-refractivity contribution in [3.05, 3.63) is 107 Å². The molecule has 2 aromatic heterocycles. The van der Waals surface area contributed by atoms with E-state index in [2.05, 4.69) is 49.2 Å². The number of aromatic nitrogens is 2. The number of aromatic carboxylic acids is 1. The molecular weight excluding hydrogens is 565 g/mol. The Morgan fingerprint density at radius 3 is 2.42 bits per heavy atom. The van der Waals surface area contributed by atoms with Crippen LogP contribution in [0.1, 0.15) is 59.8 Å². The number of carboxylic acids is 1. The van der Waals surface area contributed by atoms with Gasteiger partial charge in [0.05, 0.1) is 17.1 Å². The summed E-state index contributed by atoms with van der Waals surface area (Å²) < 4.78 is 0. The summed E-state index contributed by atoms with van der Waals surface area (Å²) in [5, 5.41) is 11.5. The molecule has 0 saturated carbocycles. The van der Waals surface area contributed by atoms with Crippen molar-refractivity contribution in [1.29, 1.82) is 0 Å². The minimum Gasteiger partial charge on any atom is -0.477 e. The van der Waals surface area contributed by atoms with Crippen molar-refractivity contribution in [2.45, 2.75) is 32.1 Å². The fourth-order valence-electron chi connectivity index (χ4n) is 3.79. The maximum Gasteiger partial charge on any atom is 0.354 e. The number of carboxylic acid groups (broad SMARTS) is 1. The number of hydrogen-bond donors (Lipinski definition) is 1. The van der Waals surface area contributed by atoms with E-state index in [9.17, 15) is 9.90 Å². The van der Waals surface area contributed by atoms with Gasteiger partial charge in [0, 0.05) is 36.8 Å². The van der Waals surface area contributed by atoms with Gasteiger partial charge >= 0.3 is 5.97 Å². The molecule has 1 N–H and O–H groups in total. The summed E-state index contributed by atoms with van der Waals surface area (Å²) >= 11 is 0. The van der Waals surface area contributed by atoms with Crippen molar-refractivity contribution in [3.63, 3.8) is 0 Å². The number of benzene rings is 2. The molecule has 0 fully saturated rings. The molecule has 1 radical (unpaired) electrons. The minimum atomic E-state index is -1.03. The summed E-state index contributed by atoms with van der Waals surface area (Å²) in [5.41, 5.74) is 3.28. The van der Waals surface area contributed by atoms with Gasteiger partial charge in [-0.05, 0) is 23.6 Å². The van der Waals surface area contributed by atoms with Crippen LogP contribution < -0.4 is 0 Å². The first-order chi connectivity index (χ1) is 14.4. The normalized spacial score (nSPS) is 12.2. The number of hydrogen-bond acceptors (Lipinski definition) is 3. The Balaban J connectivity index is 0.00000272. The van der Waals surface area contributed by atoms with Gasteiger partial charge in [-0.1, -0.05) is 51.1 Å². The van der Waals surface area contributed by atoms with Gasteiger partial charge < -0.3 is 5.11 Å². The summed E-state index contributed by atoms with van der Waals surface area (Å²) in [6, 6.07) is 26.7. The third-order valence-corrected chi connectivity index (χ3v) is 5.61. The Morgan fingerprint density at radius 1 is 0.968 bits per heavy atom. The predicted octanol–water partition coefficient (Wildman–Crippen LogP) is 5.60. The van der Waals surface area contributed by atoms with Crippen LogP contribution in [-0.2, 0) is 25.5 Å². The van der Waals surface area contributed by atoms with E-state index in [0.29, 0.717) is 5.69 Å². The Bertz CT molecular complexity index is 1220. The smallest absolute Gasteiger partial charge is 0.354 e. The number of nitrogens with zero attached hydrogens (tertiary/aromatic N) is 2. The molecule has 1 unspecified atom stereocenters. The van der Waals surface area contributed by atoms with Crippen LogP contribution in [0.25, 0.3) is 10.8 Å². The van der Waals surface area contributed by atoms with Gasteiger partial charge in [-0.25, -0.2) is 9.78 Å². The zero-order valence-corrected chi connectivity index (χ0v) is 20.0. The number of fused-ring (bicyclic) bond motifs is 1. The zero-order chi connectivity index (χ0) is 21.3. The van der Waals surface area contributed by atoms with Gasteiger partial charge in [-0.2, -0.15) is 35.9 Å². The molecule has 159 valence electrons. The van der Waals surface area contributed by atoms with Gasteiger partial charge in [0.25, 0.3) is 0 Å². The van der Waals surface area contributed by atoms with Crippen molar-refractivity contribution >= 4 is 16.7 Å². The van der Waals surface area contributed by atoms with Crippen molar-refractivity contribution in [2.24, 2.45) is 0 Å². The summed E-state index contributed by atoms with van der Waals surface area (Å²) in [4.78, 5) is 20.8. The molecule has 0 saturated heterocycles. The first-order valence-electron chi connectivity index (χ1n) is 9.95. The van der Waals surface area contributed by atoms with Gasteiger partial charge in [-0.15, -0.1) is 0 Å². The molecule has 0 bridgehead atoms. The van der Waals surface area contributed by atoms with Crippen molar-refractivity contribution < 1.29 is 30.0 Å². The summed E-state index contributed by atoms with van der Waals surface area (Å²) in [5.74, 6) is -1.18. The topological polar surface area (TPSA) is 63.1 Å². The van der Waals surface area contributed by atoms with Crippen LogP contribution in [-0.4, -0.2) is 21.0 Å². The molecule has 2 aromatic carbocycles. The van der Waals surface area contributed by atoms with E-state index in [-0.39, 0.29) is 37.1 Å². The van der Waals surface area contributed by atoms with E-state index < -0.39 is 5.97 Å². The first-order valence-corrected chi connectivity index (χ1v) is 9.95. The third kappa shape index (κ3) is 4.43. The molecule has 0 aliphatic rings. The second-order valence-electron chi connectivity index (χ2n) is 7.99. The van der Waals surface area contributed by atoms with Crippen LogP contribution in [0.15, 0.2) is 72.8 Å². The van der Waals surface area contributed by atoms with E-state index in [0.717, 1.165) is 27.7 Å². The molecular formula is C26H23IrN2O2-. The van der Waals surface area contributed by atoms with Gasteiger partial charge in [0.2, 0.25) is 0 Å². The molecule has 31 heavy (non-hydrogen) atoms. The zero-order valence-electron chi connectivity index (χ0n) is 17.6. The minimum absolute atomic E-state index is 0. The van der Waals surface area contributed by atoms with E-state index in [1.165, 1.54) is 6.07 Å². The van der Waals surface area contributed by atoms with E-state index in [4.69, 9.17) is 4.98 Å². The Kier molecular flexibility index (Phi) is 6.68. The number of pyridine rings is 2. The first kappa shape index (κ1) is 22.8. The molecule has 0 aliphatic carbocycles. The SMILES string of the molecule is CC(c1cccc(C(=O)O)n1)c1cc2ccccc2c(C(C)(C)c2[c-]cccc2)n1.[Ir]. The van der Waals surface area contributed by atoms with Gasteiger partial charge in [0.1, 0.15) is 5.69 Å². The fourth-order valence-corrected chi connectivity index (χ4v) is 3.79. The van der Waals surface area contributed by atoms with Crippen LogP contribution in [0.2, 0.25) is 0 Å². The molecule has 4 rings (SSSR count). The van der Waals surface area contributed by atoms with Gasteiger partial charge in [-0.3, -0.25) is 4.98 Å². The van der Waals surface area contributed by atoms with Crippen LogP contribution in [0.4, 0.5) is 0 Å². The molecule has 4 aromatic rings. The molecule has 5 heteroatoms. The Labute approximate surface area is 195 Å². The molecule has 0 aliphatic heterocycles. The largest absolute Gasteiger partial charge is 0.477 e. The monoisotopic (exact) mass is 588 g/mol. The van der Waals surface area contributed by atoms with Crippen LogP contribution in [0.5, 0.6) is 0 Å². The van der Waals surface area contributed by atoms with Gasteiger partial charge in [0.15, 0.2) is 0 Å². The summed E-state index contributed by atoms with van der Waals surface area (Å²) in [6.07, 6.45) is 0. The average molecular weight is 588 g/mol. The van der Waals surface area contributed by atoms with Crippen molar-refractivity contribution in [1.82, 2.24) is 9.97 Å². The number of carbonyl (C=O) groups is 1. The molecule has 1 atom stereocenters. The second kappa shape index (κ2) is 9.09. The second-order valence-corrected chi connectivity index (χ2v) is 7.99. The molecule has 0 spiro atoms. The average Bonchev–Trinajstić information content (AvgIpc) is 2.78. The Hall–Kier alpha value is -2.88. The van der Waals surface area contributed by atoms with Crippen molar-refractivity contribution in [2.75, 3.05) is 0 Å². The van der Waals surface area contributed by atoms with E-state index in [1.54, 1.807) is 6.07 Å². The van der Waals surface area contributed by atoms with Crippen molar-refractivity contribution in [3.8, 4) is 0 Å². The summed E-state index contributed by atoms with van der Waals surface area (Å²) in [6.45, 7) is 6.33.